The fraction of sp³-hybridized carbons (Fsp3) is 0.105. The molecule has 2 aromatic rings. The number of carbonyl (C=O) groups excluding carboxylic acids is 3. The fourth-order valence-corrected chi connectivity index (χ4v) is 3.71. The molecule has 0 saturated carbocycles. The minimum atomic E-state index is -0.550. The molecule has 2 aromatic carbocycles. The number of carbonyl (C=O) groups is 3. The van der Waals surface area contributed by atoms with Crippen LogP contribution in [0.2, 0.25) is 10.0 Å². The Balaban J connectivity index is 1.69. The number of thioether (sulfide) groups is 1. The van der Waals surface area contributed by atoms with E-state index < -0.39 is 17.1 Å². The summed E-state index contributed by atoms with van der Waals surface area (Å²) in [5.41, 5.74) is 1.08. The van der Waals surface area contributed by atoms with Crippen LogP contribution in [0.1, 0.15) is 5.56 Å². The predicted octanol–water partition coefficient (Wildman–Crippen LogP) is 4.68. The lowest BCUT2D eigenvalue weighted by Crippen LogP contribution is -2.36. The maximum Gasteiger partial charge on any atom is 0.294 e. The number of imide groups is 1. The van der Waals surface area contributed by atoms with Crippen molar-refractivity contribution in [3.63, 3.8) is 0 Å². The van der Waals surface area contributed by atoms with Crippen molar-refractivity contribution < 1.29 is 19.1 Å². The zero-order valence-electron chi connectivity index (χ0n) is 14.6. The molecule has 0 radical (unpaired) electrons. The Bertz CT molecular complexity index is 976. The maximum absolute atomic E-state index is 12.5. The summed E-state index contributed by atoms with van der Waals surface area (Å²) >= 11 is 12.7. The predicted molar refractivity (Wildman–Crippen MR) is 111 cm³/mol. The number of hydrogen-bond acceptors (Lipinski definition) is 5. The van der Waals surface area contributed by atoms with Crippen LogP contribution in [-0.2, 0) is 9.59 Å². The Labute approximate surface area is 175 Å². The molecule has 3 amide bonds. The van der Waals surface area contributed by atoms with E-state index in [1.54, 1.807) is 42.5 Å². The Morgan fingerprint density at radius 3 is 2.54 bits per heavy atom. The zero-order chi connectivity index (χ0) is 20.3. The molecular weight excluding hydrogens is 423 g/mol. The molecule has 0 atom stereocenters. The molecule has 1 heterocycles. The largest absolute Gasteiger partial charge is 0.497 e. The molecular formula is C19H14Cl2N2O4S. The highest BCUT2D eigenvalue weighted by atomic mass is 35.5. The number of rotatable bonds is 5. The average molecular weight is 437 g/mol. The van der Waals surface area contributed by atoms with Gasteiger partial charge in [-0.15, -0.1) is 0 Å². The van der Waals surface area contributed by atoms with E-state index >= 15 is 0 Å². The van der Waals surface area contributed by atoms with Gasteiger partial charge < -0.3 is 10.1 Å². The quantitative estimate of drug-likeness (QED) is 0.688. The number of ether oxygens (including phenoxy) is 1. The Morgan fingerprint density at radius 2 is 1.89 bits per heavy atom. The molecule has 0 spiro atoms. The molecule has 1 N–H and O–H groups in total. The first-order chi connectivity index (χ1) is 13.4. The number of nitrogens with zero attached hydrogens (tertiary/aromatic N) is 1. The lowest BCUT2D eigenvalue weighted by molar-refractivity contribution is -0.127. The molecule has 9 heteroatoms. The second kappa shape index (κ2) is 8.68. The molecule has 1 aliphatic heterocycles. The van der Waals surface area contributed by atoms with Gasteiger partial charge in [0.25, 0.3) is 11.1 Å². The highest BCUT2D eigenvalue weighted by Gasteiger charge is 2.36. The van der Waals surface area contributed by atoms with Gasteiger partial charge in [0.05, 0.1) is 12.0 Å². The van der Waals surface area contributed by atoms with E-state index in [4.69, 9.17) is 27.9 Å². The van der Waals surface area contributed by atoms with Gasteiger partial charge in [0, 0.05) is 15.7 Å². The molecule has 1 saturated heterocycles. The summed E-state index contributed by atoms with van der Waals surface area (Å²) in [6.45, 7) is -0.387. The van der Waals surface area contributed by atoms with Gasteiger partial charge in [-0.2, -0.15) is 0 Å². The lowest BCUT2D eigenvalue weighted by atomic mass is 10.2. The first-order valence-electron chi connectivity index (χ1n) is 8.01. The summed E-state index contributed by atoms with van der Waals surface area (Å²) in [5.74, 6) is -0.390. The van der Waals surface area contributed by atoms with Crippen molar-refractivity contribution in [2.24, 2.45) is 0 Å². The van der Waals surface area contributed by atoms with Gasteiger partial charge in [0.15, 0.2) is 0 Å². The molecule has 3 rings (SSSR count). The first-order valence-corrected chi connectivity index (χ1v) is 9.59. The second-order valence-electron chi connectivity index (χ2n) is 5.71. The van der Waals surface area contributed by atoms with Crippen LogP contribution in [0.3, 0.4) is 0 Å². The van der Waals surface area contributed by atoms with E-state index in [2.05, 4.69) is 5.32 Å². The van der Waals surface area contributed by atoms with Crippen molar-refractivity contribution in [3.8, 4) is 5.75 Å². The third-order valence-electron chi connectivity index (χ3n) is 3.80. The third-order valence-corrected chi connectivity index (χ3v) is 5.27. The summed E-state index contributed by atoms with van der Waals surface area (Å²) in [4.78, 5) is 38.0. The lowest BCUT2D eigenvalue weighted by Gasteiger charge is -2.12. The van der Waals surface area contributed by atoms with Gasteiger partial charge >= 0.3 is 0 Å². The summed E-state index contributed by atoms with van der Waals surface area (Å²) in [5, 5.41) is 2.94. The van der Waals surface area contributed by atoms with Gasteiger partial charge in [-0.3, -0.25) is 19.3 Å². The van der Waals surface area contributed by atoms with Crippen LogP contribution >= 0.6 is 35.0 Å². The van der Waals surface area contributed by atoms with Crippen LogP contribution in [0.15, 0.2) is 47.4 Å². The van der Waals surface area contributed by atoms with E-state index in [9.17, 15) is 14.4 Å². The minimum Gasteiger partial charge on any atom is -0.497 e. The molecule has 0 unspecified atom stereocenters. The van der Waals surface area contributed by atoms with Crippen LogP contribution in [0.25, 0.3) is 6.08 Å². The van der Waals surface area contributed by atoms with Crippen molar-refractivity contribution in [3.05, 3.63) is 63.0 Å². The monoisotopic (exact) mass is 436 g/mol. The van der Waals surface area contributed by atoms with Crippen LogP contribution in [0.4, 0.5) is 10.5 Å². The zero-order valence-corrected chi connectivity index (χ0v) is 16.9. The molecule has 1 aliphatic rings. The molecule has 0 aromatic heterocycles. The Hall–Kier alpha value is -2.48. The molecule has 0 aliphatic carbocycles. The van der Waals surface area contributed by atoms with Gasteiger partial charge in [-0.1, -0.05) is 29.3 Å². The van der Waals surface area contributed by atoms with Gasteiger partial charge in [-0.25, -0.2) is 0 Å². The van der Waals surface area contributed by atoms with Crippen LogP contribution in [0, 0.1) is 0 Å². The Morgan fingerprint density at radius 1 is 1.18 bits per heavy atom. The van der Waals surface area contributed by atoms with Crippen molar-refractivity contribution in [2.45, 2.75) is 0 Å². The maximum atomic E-state index is 12.5. The normalized spacial score (nSPS) is 15.2. The summed E-state index contributed by atoms with van der Waals surface area (Å²) < 4.78 is 5.05. The third kappa shape index (κ3) is 4.67. The van der Waals surface area contributed by atoms with Crippen LogP contribution in [0.5, 0.6) is 5.75 Å². The number of hydrogen-bond donors (Lipinski definition) is 1. The Kier molecular flexibility index (Phi) is 6.28. The first kappa shape index (κ1) is 20.3. The molecule has 1 fully saturated rings. The average Bonchev–Trinajstić information content (AvgIpc) is 2.92. The van der Waals surface area contributed by atoms with E-state index in [1.165, 1.54) is 13.2 Å². The number of amides is 3. The van der Waals surface area contributed by atoms with Crippen molar-refractivity contribution in [1.29, 1.82) is 0 Å². The number of benzene rings is 2. The van der Waals surface area contributed by atoms with E-state index in [1.807, 2.05) is 0 Å². The fourth-order valence-electron chi connectivity index (χ4n) is 2.41. The number of halogens is 2. The number of anilines is 1. The molecule has 28 heavy (non-hydrogen) atoms. The van der Waals surface area contributed by atoms with Crippen molar-refractivity contribution in [2.75, 3.05) is 19.0 Å². The van der Waals surface area contributed by atoms with E-state index in [0.717, 1.165) is 16.7 Å². The topological polar surface area (TPSA) is 75.7 Å². The van der Waals surface area contributed by atoms with E-state index in [-0.39, 0.29) is 11.4 Å². The van der Waals surface area contributed by atoms with Gasteiger partial charge in [0.1, 0.15) is 12.3 Å². The van der Waals surface area contributed by atoms with Gasteiger partial charge in [0.2, 0.25) is 5.91 Å². The summed E-state index contributed by atoms with van der Waals surface area (Å²) in [6.07, 6.45) is 1.50. The van der Waals surface area contributed by atoms with Gasteiger partial charge in [-0.05, 0) is 59.8 Å². The SMILES string of the molecule is COc1ccc(NC(=O)CN2C(=O)S/C(=C/c3ccc(Cl)cc3Cl)C2=O)cc1. The number of methoxy groups -OCH3 is 1. The second-order valence-corrected chi connectivity index (χ2v) is 7.55. The van der Waals surface area contributed by atoms with Crippen LogP contribution in [-0.4, -0.2) is 35.6 Å². The van der Waals surface area contributed by atoms with Crippen molar-refractivity contribution in [1.82, 2.24) is 4.90 Å². The van der Waals surface area contributed by atoms with E-state index in [0.29, 0.717) is 27.0 Å². The molecule has 144 valence electrons. The summed E-state index contributed by atoms with van der Waals surface area (Å²) in [6, 6.07) is 11.5. The molecule has 6 nitrogen and oxygen atoms in total. The smallest absolute Gasteiger partial charge is 0.294 e. The number of nitrogens with one attached hydrogen (secondary N) is 1. The highest BCUT2D eigenvalue weighted by molar-refractivity contribution is 8.18. The highest BCUT2D eigenvalue weighted by Crippen LogP contribution is 2.34. The standard InChI is InChI=1S/C19H14Cl2N2O4S/c1-27-14-6-4-13(5-7-14)22-17(24)10-23-18(25)16(28-19(23)26)8-11-2-3-12(20)9-15(11)21/h2-9H,10H2,1H3,(H,22,24)/b16-8+. The van der Waals surface area contributed by atoms with Crippen LogP contribution < -0.4 is 10.1 Å². The minimum absolute atomic E-state index is 0.187. The molecule has 0 bridgehead atoms. The van der Waals surface area contributed by atoms with Crippen molar-refractivity contribution >= 4 is 63.8 Å². The summed E-state index contributed by atoms with van der Waals surface area (Å²) in [7, 11) is 1.54.